The summed E-state index contributed by atoms with van der Waals surface area (Å²) in [7, 11) is -4.00. The summed E-state index contributed by atoms with van der Waals surface area (Å²) in [5.41, 5.74) is 0.595. The lowest BCUT2D eigenvalue weighted by atomic mass is 10.1. The van der Waals surface area contributed by atoms with Crippen LogP contribution >= 0.6 is 0 Å². The Bertz CT molecular complexity index is 1240. The first-order valence-electron chi connectivity index (χ1n) is 9.86. The van der Waals surface area contributed by atoms with Crippen LogP contribution in [-0.4, -0.2) is 55.6 Å². The van der Waals surface area contributed by atoms with Gasteiger partial charge < -0.3 is 14.6 Å². The van der Waals surface area contributed by atoms with Crippen molar-refractivity contribution in [2.45, 2.75) is 4.90 Å². The Hall–Kier alpha value is -3.50. The molecule has 0 bridgehead atoms. The monoisotopic (exact) mass is 457 g/mol. The van der Waals surface area contributed by atoms with Crippen LogP contribution in [0, 0.1) is 5.82 Å². The molecule has 2 heterocycles. The summed E-state index contributed by atoms with van der Waals surface area (Å²) in [5.74, 6) is -1.54. The molecule has 0 saturated carbocycles. The zero-order valence-electron chi connectivity index (χ0n) is 16.9. The standard InChI is InChI=1S/C22H20FN3O5S/c23-17-7-2-4-10-20(17)32(29,30)26-13-11-25(12-14-26)22(28)16-6-1-3-8-18(16)24-21(27)19-9-5-15-31-19/h1-10,15H,11-14H2,(H,24,27). The smallest absolute Gasteiger partial charge is 0.291 e. The molecule has 1 saturated heterocycles. The second-order valence-electron chi connectivity index (χ2n) is 7.10. The molecule has 0 radical (unpaired) electrons. The second kappa shape index (κ2) is 8.93. The molecule has 8 nitrogen and oxygen atoms in total. The molecule has 1 N–H and O–H groups in total. The maximum absolute atomic E-state index is 14.0. The summed E-state index contributed by atoms with van der Waals surface area (Å²) in [4.78, 5) is 26.5. The molecule has 0 atom stereocenters. The average Bonchev–Trinajstić information content (AvgIpc) is 3.34. The Balaban J connectivity index is 1.46. The second-order valence-corrected chi connectivity index (χ2v) is 9.01. The number of amides is 2. The molecule has 0 unspecified atom stereocenters. The van der Waals surface area contributed by atoms with Gasteiger partial charge in [-0.2, -0.15) is 4.31 Å². The maximum atomic E-state index is 14.0. The third-order valence-corrected chi connectivity index (χ3v) is 7.06. The molecule has 1 aliphatic heterocycles. The molecule has 3 aromatic rings. The third kappa shape index (κ3) is 4.27. The van der Waals surface area contributed by atoms with Gasteiger partial charge in [-0.15, -0.1) is 0 Å². The van der Waals surface area contributed by atoms with Crippen LogP contribution in [0.5, 0.6) is 0 Å². The Labute approximate surface area is 184 Å². The van der Waals surface area contributed by atoms with Crippen molar-refractivity contribution in [2.75, 3.05) is 31.5 Å². The van der Waals surface area contributed by atoms with Gasteiger partial charge in [0, 0.05) is 26.2 Å². The van der Waals surface area contributed by atoms with E-state index in [4.69, 9.17) is 4.42 Å². The third-order valence-electron chi connectivity index (χ3n) is 5.13. The van der Waals surface area contributed by atoms with E-state index in [1.165, 1.54) is 39.7 Å². The molecule has 2 amide bonds. The van der Waals surface area contributed by atoms with Crippen molar-refractivity contribution < 1.29 is 26.8 Å². The van der Waals surface area contributed by atoms with Crippen molar-refractivity contribution in [3.63, 3.8) is 0 Å². The maximum Gasteiger partial charge on any atom is 0.291 e. The molecule has 2 aromatic carbocycles. The summed E-state index contributed by atoms with van der Waals surface area (Å²) in [5, 5.41) is 2.67. The van der Waals surface area contributed by atoms with Crippen molar-refractivity contribution in [3.8, 4) is 0 Å². The number of nitrogens with zero attached hydrogens (tertiary/aromatic N) is 2. The van der Waals surface area contributed by atoms with Gasteiger partial charge in [0.1, 0.15) is 10.7 Å². The van der Waals surface area contributed by atoms with E-state index in [0.717, 1.165) is 6.07 Å². The molecular formula is C22H20FN3O5S. The van der Waals surface area contributed by atoms with Crippen molar-refractivity contribution in [1.29, 1.82) is 0 Å². The Morgan fingerprint density at radius 2 is 1.59 bits per heavy atom. The van der Waals surface area contributed by atoms with Gasteiger partial charge in [-0.05, 0) is 36.4 Å². The summed E-state index contributed by atoms with van der Waals surface area (Å²) in [6.07, 6.45) is 1.38. The SMILES string of the molecule is O=C(Nc1ccccc1C(=O)N1CCN(S(=O)(=O)c2ccccc2F)CC1)c1ccco1. The molecule has 32 heavy (non-hydrogen) atoms. The van der Waals surface area contributed by atoms with E-state index in [1.54, 1.807) is 30.3 Å². The molecule has 10 heteroatoms. The van der Waals surface area contributed by atoms with Crippen LogP contribution in [-0.2, 0) is 10.0 Å². The lowest BCUT2D eigenvalue weighted by molar-refractivity contribution is 0.0698. The van der Waals surface area contributed by atoms with Crippen molar-refractivity contribution in [2.24, 2.45) is 0 Å². The van der Waals surface area contributed by atoms with E-state index >= 15 is 0 Å². The molecule has 166 valence electrons. The molecule has 0 aliphatic carbocycles. The fourth-order valence-corrected chi connectivity index (χ4v) is 4.95. The highest BCUT2D eigenvalue weighted by Crippen LogP contribution is 2.23. The summed E-state index contributed by atoms with van der Waals surface area (Å²) < 4.78 is 45.8. The molecule has 4 rings (SSSR count). The number of sulfonamides is 1. The van der Waals surface area contributed by atoms with Gasteiger partial charge in [0.25, 0.3) is 11.8 Å². The minimum absolute atomic E-state index is 0.0311. The first kappa shape index (κ1) is 21.7. The number of benzene rings is 2. The molecule has 1 aromatic heterocycles. The number of piperazine rings is 1. The van der Waals surface area contributed by atoms with E-state index in [-0.39, 0.29) is 48.3 Å². The van der Waals surface area contributed by atoms with Gasteiger partial charge in [0.05, 0.1) is 17.5 Å². The normalized spacial score (nSPS) is 14.8. The summed E-state index contributed by atoms with van der Waals surface area (Å²) in [6.45, 7) is 0.326. The van der Waals surface area contributed by atoms with Crippen LogP contribution in [0.3, 0.4) is 0 Å². The predicted molar refractivity (Wildman–Crippen MR) is 114 cm³/mol. The van der Waals surface area contributed by atoms with Gasteiger partial charge in [-0.1, -0.05) is 24.3 Å². The molecule has 1 aliphatic rings. The average molecular weight is 457 g/mol. The number of halogens is 1. The highest BCUT2D eigenvalue weighted by Gasteiger charge is 2.32. The fraction of sp³-hybridized carbons (Fsp3) is 0.182. The van der Waals surface area contributed by atoms with E-state index in [9.17, 15) is 22.4 Å². The van der Waals surface area contributed by atoms with Gasteiger partial charge in [-0.3, -0.25) is 9.59 Å². The number of furan rings is 1. The van der Waals surface area contributed by atoms with E-state index in [0.29, 0.717) is 5.69 Å². The van der Waals surface area contributed by atoms with Crippen molar-refractivity contribution >= 4 is 27.5 Å². The van der Waals surface area contributed by atoms with Crippen LogP contribution in [0.15, 0.2) is 76.2 Å². The molecule has 0 spiro atoms. The quantitative estimate of drug-likeness (QED) is 0.635. The van der Waals surface area contributed by atoms with Crippen LogP contribution in [0.1, 0.15) is 20.9 Å². The number of carbonyl (C=O) groups excluding carboxylic acids is 2. The van der Waals surface area contributed by atoms with Crippen LogP contribution in [0.25, 0.3) is 0 Å². The fourth-order valence-electron chi connectivity index (χ4n) is 3.47. The van der Waals surface area contributed by atoms with Crippen LogP contribution in [0.2, 0.25) is 0 Å². The molecule has 1 fully saturated rings. The largest absolute Gasteiger partial charge is 0.459 e. The van der Waals surface area contributed by atoms with Gasteiger partial charge in [0.15, 0.2) is 5.76 Å². The van der Waals surface area contributed by atoms with Gasteiger partial charge >= 0.3 is 0 Å². The Morgan fingerprint density at radius 1 is 0.906 bits per heavy atom. The Kier molecular flexibility index (Phi) is 6.06. The van der Waals surface area contributed by atoms with Gasteiger partial charge in [0.2, 0.25) is 10.0 Å². The number of carbonyl (C=O) groups is 2. The number of nitrogens with one attached hydrogen (secondary N) is 1. The van der Waals surface area contributed by atoms with Crippen molar-refractivity contribution in [3.05, 3.63) is 84.1 Å². The zero-order valence-corrected chi connectivity index (χ0v) is 17.7. The highest BCUT2D eigenvalue weighted by atomic mass is 32.2. The van der Waals surface area contributed by atoms with Crippen LogP contribution in [0.4, 0.5) is 10.1 Å². The zero-order chi connectivity index (χ0) is 22.7. The summed E-state index contributed by atoms with van der Waals surface area (Å²) in [6, 6.07) is 14.9. The first-order valence-corrected chi connectivity index (χ1v) is 11.3. The van der Waals surface area contributed by atoms with E-state index < -0.39 is 21.7 Å². The molecular weight excluding hydrogens is 437 g/mol. The van der Waals surface area contributed by atoms with E-state index in [1.807, 2.05) is 0 Å². The lowest BCUT2D eigenvalue weighted by Crippen LogP contribution is -2.50. The first-order chi connectivity index (χ1) is 15.4. The van der Waals surface area contributed by atoms with Crippen molar-refractivity contribution in [1.82, 2.24) is 9.21 Å². The number of hydrogen-bond donors (Lipinski definition) is 1. The summed E-state index contributed by atoms with van der Waals surface area (Å²) >= 11 is 0. The van der Waals surface area contributed by atoms with Crippen LogP contribution < -0.4 is 5.32 Å². The highest BCUT2D eigenvalue weighted by molar-refractivity contribution is 7.89. The number of anilines is 1. The minimum Gasteiger partial charge on any atom is -0.459 e. The van der Waals surface area contributed by atoms with Gasteiger partial charge in [-0.25, -0.2) is 12.8 Å². The number of para-hydroxylation sites is 1. The van der Waals surface area contributed by atoms with E-state index in [2.05, 4.69) is 5.32 Å². The number of rotatable bonds is 5. The number of hydrogen-bond acceptors (Lipinski definition) is 5. The lowest BCUT2D eigenvalue weighted by Gasteiger charge is -2.34. The predicted octanol–water partition coefficient (Wildman–Crippen LogP) is 2.82. The Morgan fingerprint density at radius 3 is 2.28 bits per heavy atom. The topological polar surface area (TPSA) is 99.9 Å². The minimum atomic E-state index is -4.00.